The fourth-order valence-electron chi connectivity index (χ4n) is 3.29. The van der Waals surface area contributed by atoms with Gasteiger partial charge in [0.25, 0.3) is 0 Å². The van der Waals surface area contributed by atoms with Crippen LogP contribution in [0.15, 0.2) is 46.5 Å². The zero-order chi connectivity index (χ0) is 19.4. The lowest BCUT2D eigenvalue weighted by Crippen LogP contribution is -2.30. The van der Waals surface area contributed by atoms with Crippen LogP contribution in [0.1, 0.15) is 41.8 Å². The zero-order valence-corrected chi connectivity index (χ0v) is 17.3. The molecule has 0 saturated heterocycles. The van der Waals surface area contributed by atoms with Gasteiger partial charge < -0.3 is 0 Å². The Morgan fingerprint density at radius 3 is 2.52 bits per heavy atom. The lowest BCUT2D eigenvalue weighted by atomic mass is 10.0. The third-order valence-electron chi connectivity index (χ3n) is 4.82. The second-order valence-electron chi connectivity index (χ2n) is 6.47. The molecule has 0 saturated carbocycles. The molecule has 5 nitrogen and oxygen atoms in total. The third-order valence-corrected chi connectivity index (χ3v) is 7.80. The van der Waals surface area contributed by atoms with Gasteiger partial charge in [0.05, 0.1) is 10.8 Å². The molecule has 3 rings (SSSR count). The van der Waals surface area contributed by atoms with Crippen molar-refractivity contribution in [3.8, 4) is 0 Å². The molecule has 2 aromatic rings. The van der Waals surface area contributed by atoms with E-state index in [2.05, 4.69) is 11.1 Å². The van der Waals surface area contributed by atoms with Gasteiger partial charge in [0.15, 0.2) is 5.78 Å². The summed E-state index contributed by atoms with van der Waals surface area (Å²) in [5.41, 5.74) is 3.38. The highest BCUT2D eigenvalue weighted by molar-refractivity contribution is 7.99. The molecule has 144 valence electrons. The molecule has 1 aliphatic carbocycles. The standard InChI is InChI=1S/C20H24N2O3S2/c1-3-22(4-2)27(24,25)18-10-11-20(21-13-18)26-14-19(23)17-9-8-15-6-5-7-16(15)12-17/h8-13H,3-7,14H2,1-2H3. The lowest BCUT2D eigenvalue weighted by molar-refractivity contribution is 0.102. The number of carbonyl (C=O) groups is 1. The Hall–Kier alpha value is -1.70. The molecule has 0 amide bonds. The number of hydrogen-bond donors (Lipinski definition) is 0. The SMILES string of the molecule is CCN(CC)S(=O)(=O)c1ccc(SCC(=O)c2ccc3c(c2)CCC3)nc1. The molecule has 1 aromatic heterocycles. The van der Waals surface area contributed by atoms with Gasteiger partial charge in [0.2, 0.25) is 10.0 Å². The maximum atomic E-state index is 12.5. The van der Waals surface area contributed by atoms with Crippen molar-refractivity contribution in [2.24, 2.45) is 0 Å². The number of rotatable bonds is 8. The fraction of sp³-hybridized carbons (Fsp3) is 0.400. The zero-order valence-electron chi connectivity index (χ0n) is 15.6. The maximum Gasteiger partial charge on any atom is 0.244 e. The summed E-state index contributed by atoms with van der Waals surface area (Å²) in [4.78, 5) is 16.9. The molecule has 1 aromatic carbocycles. The van der Waals surface area contributed by atoms with E-state index in [1.165, 1.54) is 33.4 Å². The topological polar surface area (TPSA) is 67.3 Å². The van der Waals surface area contributed by atoms with E-state index in [1.807, 2.05) is 26.0 Å². The first-order valence-electron chi connectivity index (χ1n) is 9.19. The van der Waals surface area contributed by atoms with Gasteiger partial charge >= 0.3 is 0 Å². The predicted octanol–water partition coefficient (Wildman–Crippen LogP) is 3.58. The van der Waals surface area contributed by atoms with E-state index in [1.54, 1.807) is 12.1 Å². The van der Waals surface area contributed by atoms with Gasteiger partial charge in [-0.25, -0.2) is 13.4 Å². The van der Waals surface area contributed by atoms with E-state index in [4.69, 9.17) is 0 Å². The number of nitrogens with zero attached hydrogens (tertiary/aromatic N) is 2. The molecular formula is C20H24N2O3S2. The number of benzene rings is 1. The van der Waals surface area contributed by atoms with Crippen LogP contribution in [0.5, 0.6) is 0 Å². The van der Waals surface area contributed by atoms with Crippen molar-refractivity contribution >= 4 is 27.6 Å². The number of Topliss-reactive ketones (excluding diaryl/α,β-unsaturated/α-hetero) is 1. The van der Waals surface area contributed by atoms with Crippen LogP contribution < -0.4 is 0 Å². The molecule has 0 aliphatic heterocycles. The van der Waals surface area contributed by atoms with Crippen LogP contribution in [0.4, 0.5) is 0 Å². The van der Waals surface area contributed by atoms with Crippen LogP contribution in [0.2, 0.25) is 0 Å². The van der Waals surface area contributed by atoms with Crippen molar-refractivity contribution in [2.75, 3.05) is 18.8 Å². The van der Waals surface area contributed by atoms with E-state index >= 15 is 0 Å². The maximum absolute atomic E-state index is 12.5. The van der Waals surface area contributed by atoms with E-state index < -0.39 is 10.0 Å². The number of aromatic nitrogens is 1. The van der Waals surface area contributed by atoms with E-state index in [9.17, 15) is 13.2 Å². The van der Waals surface area contributed by atoms with Crippen LogP contribution >= 0.6 is 11.8 Å². The van der Waals surface area contributed by atoms with Gasteiger partial charge in [-0.1, -0.05) is 37.7 Å². The van der Waals surface area contributed by atoms with Gasteiger partial charge in [0.1, 0.15) is 4.90 Å². The van der Waals surface area contributed by atoms with Gasteiger partial charge in [-0.2, -0.15) is 4.31 Å². The summed E-state index contributed by atoms with van der Waals surface area (Å²) in [5, 5.41) is 0.642. The Labute approximate surface area is 165 Å². The van der Waals surface area contributed by atoms with Gasteiger partial charge in [-0.15, -0.1) is 0 Å². The van der Waals surface area contributed by atoms with Gasteiger partial charge in [-0.05, 0) is 48.6 Å². The number of sulfonamides is 1. The number of fused-ring (bicyclic) bond motifs is 1. The minimum Gasteiger partial charge on any atom is -0.293 e. The molecule has 0 unspecified atom stereocenters. The average molecular weight is 405 g/mol. The number of pyridine rings is 1. The Morgan fingerprint density at radius 1 is 1.11 bits per heavy atom. The number of thioether (sulfide) groups is 1. The second-order valence-corrected chi connectivity index (χ2v) is 9.40. The van der Waals surface area contributed by atoms with Crippen molar-refractivity contribution in [3.05, 3.63) is 53.2 Å². The largest absolute Gasteiger partial charge is 0.293 e. The Bertz CT molecular complexity index is 921. The van der Waals surface area contributed by atoms with E-state index in [0.717, 1.165) is 24.8 Å². The molecule has 1 aliphatic rings. The fourth-order valence-corrected chi connectivity index (χ4v) is 5.43. The number of aryl methyl sites for hydroxylation is 2. The van der Waals surface area contributed by atoms with E-state index in [-0.39, 0.29) is 16.4 Å². The van der Waals surface area contributed by atoms with Crippen LogP contribution in [-0.4, -0.2) is 42.3 Å². The summed E-state index contributed by atoms with van der Waals surface area (Å²) in [6.07, 6.45) is 4.68. The summed E-state index contributed by atoms with van der Waals surface area (Å²) >= 11 is 1.33. The molecule has 0 bridgehead atoms. The van der Waals surface area contributed by atoms with Crippen molar-refractivity contribution in [3.63, 3.8) is 0 Å². The Morgan fingerprint density at radius 2 is 1.85 bits per heavy atom. The highest BCUT2D eigenvalue weighted by Crippen LogP contribution is 2.25. The molecule has 7 heteroatoms. The molecule has 27 heavy (non-hydrogen) atoms. The quantitative estimate of drug-likeness (QED) is 0.497. The highest BCUT2D eigenvalue weighted by Gasteiger charge is 2.22. The van der Waals surface area contributed by atoms with Crippen LogP contribution in [0, 0.1) is 0 Å². The Kier molecular flexibility index (Phi) is 6.34. The first kappa shape index (κ1) is 20.0. The molecule has 0 fully saturated rings. The number of carbonyl (C=O) groups excluding carboxylic acids is 1. The molecular weight excluding hydrogens is 380 g/mol. The van der Waals surface area contributed by atoms with Crippen molar-refractivity contribution in [2.45, 2.75) is 43.0 Å². The molecule has 0 N–H and O–H groups in total. The monoisotopic (exact) mass is 404 g/mol. The minimum atomic E-state index is -3.50. The lowest BCUT2D eigenvalue weighted by Gasteiger charge is -2.18. The van der Waals surface area contributed by atoms with Crippen molar-refractivity contribution in [1.29, 1.82) is 0 Å². The van der Waals surface area contributed by atoms with Gasteiger partial charge in [0, 0.05) is 24.8 Å². The molecule has 0 spiro atoms. The van der Waals surface area contributed by atoms with Crippen molar-refractivity contribution in [1.82, 2.24) is 9.29 Å². The number of hydrogen-bond acceptors (Lipinski definition) is 5. The predicted molar refractivity (Wildman–Crippen MR) is 108 cm³/mol. The molecule has 1 heterocycles. The number of ketones is 1. The molecule has 0 radical (unpaired) electrons. The minimum absolute atomic E-state index is 0.0661. The Balaban J connectivity index is 1.64. The summed E-state index contributed by atoms with van der Waals surface area (Å²) in [6, 6.07) is 9.20. The van der Waals surface area contributed by atoms with Crippen molar-refractivity contribution < 1.29 is 13.2 Å². The molecule has 0 atom stereocenters. The summed E-state index contributed by atoms with van der Waals surface area (Å²) in [5.74, 6) is 0.352. The van der Waals surface area contributed by atoms with Crippen LogP contribution in [0.3, 0.4) is 0 Å². The summed E-state index contributed by atoms with van der Waals surface area (Å²) in [6.45, 7) is 4.46. The highest BCUT2D eigenvalue weighted by atomic mass is 32.2. The van der Waals surface area contributed by atoms with Crippen LogP contribution in [0.25, 0.3) is 0 Å². The first-order chi connectivity index (χ1) is 13.0. The first-order valence-corrected chi connectivity index (χ1v) is 11.6. The van der Waals surface area contributed by atoms with E-state index in [0.29, 0.717) is 18.1 Å². The third kappa shape index (κ3) is 4.42. The van der Waals surface area contributed by atoms with Crippen LogP contribution in [-0.2, 0) is 22.9 Å². The summed E-state index contributed by atoms with van der Waals surface area (Å²) in [7, 11) is -3.50. The summed E-state index contributed by atoms with van der Waals surface area (Å²) < 4.78 is 26.3. The smallest absolute Gasteiger partial charge is 0.244 e. The second kappa shape index (κ2) is 8.54. The normalized spacial score (nSPS) is 13.7. The average Bonchev–Trinajstić information content (AvgIpc) is 3.15. The van der Waals surface area contributed by atoms with Gasteiger partial charge in [-0.3, -0.25) is 4.79 Å².